The van der Waals surface area contributed by atoms with E-state index in [-0.39, 0.29) is 30.2 Å². The Balaban J connectivity index is 1.32. The number of alkyl halides is 3. The molecular formula is C32H41F3N6O4. The summed E-state index contributed by atoms with van der Waals surface area (Å²) in [5.74, 6) is -1.99. The molecule has 3 N–H and O–H groups in total. The van der Waals surface area contributed by atoms with E-state index < -0.39 is 36.1 Å². The average molecular weight is 631 g/mol. The Morgan fingerprint density at radius 3 is 2.27 bits per heavy atom. The lowest BCUT2D eigenvalue weighted by Gasteiger charge is -2.31. The van der Waals surface area contributed by atoms with E-state index in [1.807, 2.05) is 13.8 Å². The van der Waals surface area contributed by atoms with E-state index in [1.165, 1.54) is 14.0 Å². The summed E-state index contributed by atoms with van der Waals surface area (Å²) in [5.41, 5.74) is 2.39. The van der Waals surface area contributed by atoms with Crippen LogP contribution in [0.25, 0.3) is 0 Å². The molecule has 3 atom stereocenters. The van der Waals surface area contributed by atoms with Crippen molar-refractivity contribution in [3.63, 3.8) is 0 Å². The molecule has 4 amide bonds. The van der Waals surface area contributed by atoms with Crippen molar-refractivity contribution in [2.75, 3.05) is 12.4 Å². The van der Waals surface area contributed by atoms with Crippen LogP contribution < -0.4 is 16.0 Å². The van der Waals surface area contributed by atoms with Gasteiger partial charge >= 0.3 is 6.18 Å². The van der Waals surface area contributed by atoms with Gasteiger partial charge < -0.3 is 20.9 Å². The van der Waals surface area contributed by atoms with E-state index in [4.69, 9.17) is 0 Å². The Labute approximate surface area is 260 Å². The topological polar surface area (TPSA) is 125 Å². The molecule has 244 valence electrons. The number of aromatic nitrogens is 2. The van der Waals surface area contributed by atoms with Gasteiger partial charge in [0.25, 0.3) is 11.8 Å². The van der Waals surface area contributed by atoms with Crippen molar-refractivity contribution in [1.29, 1.82) is 0 Å². The number of hydrogen-bond acceptors (Lipinski definition) is 5. The summed E-state index contributed by atoms with van der Waals surface area (Å²) in [4.78, 5) is 53.0. The predicted octanol–water partition coefficient (Wildman–Crippen LogP) is 4.54. The van der Waals surface area contributed by atoms with Gasteiger partial charge in [-0.05, 0) is 99.5 Å². The quantitative estimate of drug-likeness (QED) is 0.318. The fourth-order valence-corrected chi connectivity index (χ4v) is 6.55. The van der Waals surface area contributed by atoms with Crippen LogP contribution in [0.15, 0.2) is 30.5 Å². The molecule has 1 aromatic carbocycles. The van der Waals surface area contributed by atoms with Gasteiger partial charge in [-0.1, -0.05) is 13.0 Å². The molecule has 2 fully saturated rings. The second-order valence-electron chi connectivity index (χ2n) is 12.8. The van der Waals surface area contributed by atoms with E-state index >= 15 is 0 Å². The third-order valence-corrected chi connectivity index (χ3v) is 9.15. The van der Waals surface area contributed by atoms with Gasteiger partial charge in [0.15, 0.2) is 0 Å². The number of fused-ring (bicyclic) bond motifs is 1. The van der Waals surface area contributed by atoms with Gasteiger partial charge in [-0.3, -0.25) is 23.9 Å². The van der Waals surface area contributed by atoms with Gasteiger partial charge in [0.05, 0.1) is 6.04 Å². The van der Waals surface area contributed by atoms with E-state index in [2.05, 4.69) is 15.7 Å². The SMILES string of the molecule is CCC(=O)NC(C(=O)N(C)[C@@H]1CCc2cc(NC(=O)[C@@H](NC(=O)c3ccnn3C(C)C)C(C3CC3)C3CC3)ccc21)C(F)(F)F. The number of anilines is 1. The first-order chi connectivity index (χ1) is 21.3. The van der Waals surface area contributed by atoms with Gasteiger partial charge in [0.2, 0.25) is 17.9 Å². The smallest absolute Gasteiger partial charge is 0.339 e. The van der Waals surface area contributed by atoms with Gasteiger partial charge in [-0.25, -0.2) is 0 Å². The summed E-state index contributed by atoms with van der Waals surface area (Å²) in [6.07, 6.45) is 1.42. The van der Waals surface area contributed by atoms with Crippen molar-refractivity contribution < 1.29 is 32.3 Å². The maximum atomic E-state index is 13.8. The Morgan fingerprint density at radius 2 is 1.69 bits per heavy atom. The molecule has 0 bridgehead atoms. The number of likely N-dealkylation sites (N-methyl/N-ethyl adjacent to an activating group) is 1. The van der Waals surface area contributed by atoms with Crippen LogP contribution in [0, 0.1) is 17.8 Å². The lowest BCUT2D eigenvalue weighted by Crippen LogP contribution is -2.55. The first kappa shape index (κ1) is 32.5. The van der Waals surface area contributed by atoms with E-state index in [1.54, 1.807) is 40.5 Å². The van der Waals surface area contributed by atoms with Crippen molar-refractivity contribution in [3.8, 4) is 0 Å². The van der Waals surface area contributed by atoms with Gasteiger partial charge in [0.1, 0.15) is 11.7 Å². The monoisotopic (exact) mass is 630 g/mol. The molecule has 0 aliphatic heterocycles. The molecule has 5 rings (SSSR count). The summed E-state index contributed by atoms with van der Waals surface area (Å²) in [6, 6.07) is 2.78. The van der Waals surface area contributed by atoms with Crippen LogP contribution >= 0.6 is 0 Å². The molecule has 3 aliphatic rings. The van der Waals surface area contributed by atoms with Crippen molar-refractivity contribution in [3.05, 3.63) is 47.3 Å². The number of rotatable bonds is 12. The van der Waals surface area contributed by atoms with Crippen LogP contribution in [-0.2, 0) is 20.8 Å². The highest BCUT2D eigenvalue weighted by molar-refractivity contribution is 6.01. The fourth-order valence-electron chi connectivity index (χ4n) is 6.55. The van der Waals surface area contributed by atoms with Crippen molar-refractivity contribution in [1.82, 2.24) is 25.3 Å². The van der Waals surface area contributed by atoms with Crippen LogP contribution in [-0.4, -0.2) is 63.6 Å². The molecule has 1 unspecified atom stereocenters. The number of nitrogens with one attached hydrogen (secondary N) is 3. The molecule has 13 heteroatoms. The summed E-state index contributed by atoms with van der Waals surface area (Å²) >= 11 is 0. The Hall–Kier alpha value is -3.90. The molecule has 45 heavy (non-hydrogen) atoms. The van der Waals surface area contributed by atoms with Gasteiger partial charge in [0, 0.05) is 31.4 Å². The number of nitrogens with zero attached hydrogens (tertiary/aromatic N) is 3. The minimum Gasteiger partial charge on any atom is -0.339 e. The minimum atomic E-state index is -4.94. The zero-order valence-electron chi connectivity index (χ0n) is 26.0. The third-order valence-electron chi connectivity index (χ3n) is 9.15. The van der Waals surface area contributed by atoms with E-state index in [0.717, 1.165) is 36.1 Å². The first-order valence-corrected chi connectivity index (χ1v) is 15.7. The summed E-state index contributed by atoms with van der Waals surface area (Å²) in [5, 5.41) is 12.1. The summed E-state index contributed by atoms with van der Waals surface area (Å²) < 4.78 is 42.7. The lowest BCUT2D eigenvalue weighted by molar-refractivity contribution is -0.178. The summed E-state index contributed by atoms with van der Waals surface area (Å²) in [6.45, 7) is 5.27. The van der Waals surface area contributed by atoms with Crippen molar-refractivity contribution >= 4 is 29.3 Å². The minimum absolute atomic E-state index is 0.0256. The second-order valence-corrected chi connectivity index (χ2v) is 12.8. The Bertz CT molecular complexity index is 1440. The van der Waals surface area contributed by atoms with Crippen LogP contribution in [0.4, 0.5) is 18.9 Å². The summed E-state index contributed by atoms with van der Waals surface area (Å²) in [7, 11) is 1.31. The first-order valence-electron chi connectivity index (χ1n) is 15.7. The highest BCUT2D eigenvalue weighted by atomic mass is 19.4. The van der Waals surface area contributed by atoms with E-state index in [0.29, 0.717) is 41.6 Å². The number of hydrogen-bond donors (Lipinski definition) is 3. The number of amides is 4. The lowest BCUT2D eigenvalue weighted by atomic mass is 9.88. The number of halogens is 3. The molecule has 0 spiro atoms. The molecule has 3 aliphatic carbocycles. The third kappa shape index (κ3) is 7.17. The molecule has 10 nitrogen and oxygen atoms in total. The second kappa shape index (κ2) is 12.8. The molecule has 2 saturated carbocycles. The largest absolute Gasteiger partial charge is 0.417 e. The maximum Gasteiger partial charge on any atom is 0.417 e. The van der Waals surface area contributed by atoms with Crippen LogP contribution in [0.3, 0.4) is 0 Å². The maximum absolute atomic E-state index is 13.8. The van der Waals surface area contributed by atoms with Gasteiger partial charge in [-0.15, -0.1) is 0 Å². The molecule has 0 radical (unpaired) electrons. The number of aryl methyl sites for hydroxylation is 1. The number of carbonyl (C=O) groups excluding carboxylic acids is 4. The van der Waals surface area contributed by atoms with Gasteiger partial charge in [-0.2, -0.15) is 18.3 Å². The Kier molecular flexibility index (Phi) is 9.27. The van der Waals surface area contributed by atoms with Crippen LogP contribution in [0.2, 0.25) is 0 Å². The molecular weight excluding hydrogens is 589 g/mol. The zero-order chi connectivity index (χ0) is 32.6. The fraction of sp³-hybridized carbons (Fsp3) is 0.594. The highest BCUT2D eigenvalue weighted by Gasteiger charge is 2.49. The molecule has 2 aromatic rings. The molecule has 1 aromatic heterocycles. The number of benzene rings is 1. The number of carbonyl (C=O) groups is 4. The normalized spacial score (nSPS) is 19.2. The van der Waals surface area contributed by atoms with E-state index in [9.17, 15) is 32.3 Å². The van der Waals surface area contributed by atoms with Crippen LogP contribution in [0.5, 0.6) is 0 Å². The molecule has 1 heterocycles. The van der Waals surface area contributed by atoms with Crippen LogP contribution in [0.1, 0.15) is 93.0 Å². The average Bonchev–Trinajstić information content (AvgIpc) is 3.92. The zero-order valence-corrected chi connectivity index (χ0v) is 26.0. The highest BCUT2D eigenvalue weighted by Crippen LogP contribution is 2.51. The Morgan fingerprint density at radius 1 is 1.02 bits per heavy atom. The standard InChI is InChI=1S/C32H41F3N6O4/c1-5-25(42)38-28(32(33,34)35)31(45)40(4)23-13-10-20-16-21(11-12-22(20)23)37-30(44)27(26(18-6-7-18)19-8-9-19)39-29(43)24-14-15-36-41(24)17(2)3/h11-12,14-19,23,26-28H,5-10,13H2,1-4H3,(H,37,44)(H,38,42)(H,39,43)/t23-,27+,28?/m1/s1. The predicted molar refractivity (Wildman–Crippen MR) is 160 cm³/mol. The molecule has 0 saturated heterocycles. The van der Waals surface area contributed by atoms with Crippen molar-refractivity contribution in [2.45, 2.75) is 96.1 Å². The van der Waals surface area contributed by atoms with Crippen molar-refractivity contribution in [2.24, 2.45) is 17.8 Å².